The van der Waals surface area contributed by atoms with Crippen LogP contribution in [0.25, 0.3) is 0 Å². The third-order valence-corrected chi connectivity index (χ3v) is 3.60. The average Bonchev–Trinajstić information content (AvgIpc) is 2.43. The highest BCUT2D eigenvalue weighted by Crippen LogP contribution is 2.33. The second-order valence-corrected chi connectivity index (χ2v) is 5.10. The molecule has 6 heteroatoms. The Kier molecular flexibility index (Phi) is 4.57. The van der Waals surface area contributed by atoms with Gasteiger partial charge < -0.3 is 14.7 Å². The summed E-state index contributed by atoms with van der Waals surface area (Å²) in [5, 5.41) is 9.35. The maximum atomic E-state index is 13.5. The molecular weight excluding hydrogens is 277 g/mol. The van der Waals surface area contributed by atoms with Crippen molar-refractivity contribution in [1.29, 1.82) is 0 Å². The van der Waals surface area contributed by atoms with Gasteiger partial charge >= 0.3 is 5.97 Å². The Morgan fingerprint density at radius 1 is 1.52 bits per heavy atom. The molecule has 0 saturated carbocycles. The Morgan fingerprint density at radius 3 is 2.86 bits per heavy atom. The van der Waals surface area contributed by atoms with E-state index < -0.39 is 23.9 Å². The summed E-state index contributed by atoms with van der Waals surface area (Å²) >= 11 is 0. The minimum atomic E-state index is -1.19. The van der Waals surface area contributed by atoms with Gasteiger partial charge in [-0.15, -0.1) is 0 Å². The van der Waals surface area contributed by atoms with Crippen molar-refractivity contribution in [2.24, 2.45) is 0 Å². The number of carbonyl (C=O) groups is 2. The van der Waals surface area contributed by atoms with Crippen LogP contribution in [0.2, 0.25) is 0 Å². The van der Waals surface area contributed by atoms with Gasteiger partial charge in [-0.25, -0.2) is 9.18 Å². The topological polar surface area (TPSA) is 66.8 Å². The molecule has 1 aliphatic rings. The van der Waals surface area contributed by atoms with Crippen molar-refractivity contribution < 1.29 is 23.8 Å². The molecule has 1 fully saturated rings. The minimum absolute atomic E-state index is 0.262. The fraction of sp³-hybridized carbons (Fsp3) is 0.467. The summed E-state index contributed by atoms with van der Waals surface area (Å²) in [5.41, 5.74) is 1.20. The molecule has 0 bridgehead atoms. The van der Waals surface area contributed by atoms with Gasteiger partial charge in [-0.3, -0.25) is 4.79 Å². The zero-order valence-electron chi connectivity index (χ0n) is 12.0. The standard InChI is InChI=1S/C15H18FNO4/c1-3-6-17-12(18)8-21-14(15(19)20)13(17)11-7-10(16)5-4-9(11)2/h4-5,7,13-14H,3,6,8H2,1-2H3,(H,19,20). The first kappa shape index (κ1) is 15.4. The summed E-state index contributed by atoms with van der Waals surface area (Å²) in [6, 6.07) is 3.36. The molecule has 114 valence electrons. The molecule has 1 aromatic rings. The molecule has 2 unspecified atom stereocenters. The van der Waals surface area contributed by atoms with Crippen molar-refractivity contribution in [1.82, 2.24) is 4.90 Å². The smallest absolute Gasteiger partial charge is 0.335 e. The Labute approximate surface area is 122 Å². The van der Waals surface area contributed by atoms with Crippen LogP contribution in [-0.4, -0.2) is 41.1 Å². The van der Waals surface area contributed by atoms with Gasteiger partial charge in [0.15, 0.2) is 6.10 Å². The number of nitrogens with zero attached hydrogens (tertiary/aromatic N) is 1. The van der Waals surface area contributed by atoms with E-state index in [0.29, 0.717) is 18.5 Å². The molecule has 0 radical (unpaired) electrons. The van der Waals surface area contributed by atoms with Crippen LogP contribution in [0.4, 0.5) is 4.39 Å². The molecule has 1 amide bonds. The maximum Gasteiger partial charge on any atom is 0.335 e. The number of carbonyl (C=O) groups excluding carboxylic acids is 1. The van der Waals surface area contributed by atoms with E-state index in [2.05, 4.69) is 0 Å². The second-order valence-electron chi connectivity index (χ2n) is 5.10. The van der Waals surface area contributed by atoms with Crippen molar-refractivity contribution in [3.63, 3.8) is 0 Å². The number of aryl methyl sites for hydroxylation is 1. The summed E-state index contributed by atoms with van der Waals surface area (Å²) in [4.78, 5) is 25.0. The van der Waals surface area contributed by atoms with E-state index >= 15 is 0 Å². The molecule has 1 N–H and O–H groups in total. The Bertz CT molecular complexity index is 561. The minimum Gasteiger partial charge on any atom is -0.479 e. The molecule has 5 nitrogen and oxygen atoms in total. The average molecular weight is 295 g/mol. The quantitative estimate of drug-likeness (QED) is 0.921. The van der Waals surface area contributed by atoms with Crippen molar-refractivity contribution in [2.45, 2.75) is 32.4 Å². The SMILES string of the molecule is CCCN1C(=O)COC(C(=O)O)C1c1cc(F)ccc1C. The monoisotopic (exact) mass is 295 g/mol. The molecule has 1 aromatic carbocycles. The number of halogens is 1. The number of hydrogen-bond acceptors (Lipinski definition) is 3. The highest BCUT2D eigenvalue weighted by Gasteiger charge is 2.42. The van der Waals surface area contributed by atoms with E-state index in [1.165, 1.54) is 17.0 Å². The predicted molar refractivity (Wildman–Crippen MR) is 73.3 cm³/mol. The maximum absolute atomic E-state index is 13.5. The van der Waals surface area contributed by atoms with Crippen molar-refractivity contribution in [3.8, 4) is 0 Å². The first-order valence-electron chi connectivity index (χ1n) is 6.85. The zero-order chi connectivity index (χ0) is 15.6. The van der Waals surface area contributed by atoms with E-state index in [1.54, 1.807) is 13.0 Å². The molecule has 0 spiro atoms. The van der Waals surface area contributed by atoms with Crippen LogP contribution in [0.1, 0.15) is 30.5 Å². The lowest BCUT2D eigenvalue weighted by molar-refractivity contribution is -0.173. The van der Waals surface area contributed by atoms with Crippen LogP contribution in [0.15, 0.2) is 18.2 Å². The van der Waals surface area contributed by atoms with E-state index in [0.717, 1.165) is 5.56 Å². The number of ether oxygens (including phenoxy) is 1. The van der Waals surface area contributed by atoms with E-state index in [-0.39, 0.29) is 12.5 Å². The van der Waals surface area contributed by atoms with Crippen LogP contribution in [0.5, 0.6) is 0 Å². The molecular formula is C15H18FNO4. The summed E-state index contributed by atoms with van der Waals surface area (Å²) in [5.74, 6) is -1.89. The summed E-state index contributed by atoms with van der Waals surface area (Å²) < 4.78 is 18.7. The van der Waals surface area contributed by atoms with Gasteiger partial charge in [0.05, 0.1) is 6.04 Å². The second kappa shape index (κ2) is 6.22. The van der Waals surface area contributed by atoms with Gasteiger partial charge in [0.1, 0.15) is 12.4 Å². The first-order valence-corrected chi connectivity index (χ1v) is 6.85. The van der Waals surface area contributed by atoms with Crippen LogP contribution in [0.3, 0.4) is 0 Å². The lowest BCUT2D eigenvalue weighted by Crippen LogP contribution is -2.52. The summed E-state index contributed by atoms with van der Waals surface area (Å²) in [6.07, 6.45) is -0.502. The van der Waals surface area contributed by atoms with Crippen molar-refractivity contribution in [2.75, 3.05) is 13.2 Å². The zero-order valence-corrected chi connectivity index (χ0v) is 12.0. The number of morpholine rings is 1. The normalized spacial score (nSPS) is 22.4. The van der Waals surface area contributed by atoms with Crippen LogP contribution >= 0.6 is 0 Å². The summed E-state index contributed by atoms with van der Waals surface area (Å²) in [6.45, 7) is 3.80. The van der Waals surface area contributed by atoms with E-state index in [9.17, 15) is 19.1 Å². The lowest BCUT2D eigenvalue weighted by Gasteiger charge is -2.40. The molecule has 1 heterocycles. The number of rotatable bonds is 4. The number of amides is 1. The Balaban J connectivity index is 2.51. The van der Waals surface area contributed by atoms with Crippen molar-refractivity contribution in [3.05, 3.63) is 35.1 Å². The lowest BCUT2D eigenvalue weighted by atomic mass is 9.93. The largest absolute Gasteiger partial charge is 0.479 e. The summed E-state index contributed by atoms with van der Waals surface area (Å²) in [7, 11) is 0. The predicted octanol–water partition coefficient (Wildman–Crippen LogP) is 1.90. The van der Waals surface area contributed by atoms with Gasteiger partial charge in [-0.05, 0) is 36.6 Å². The van der Waals surface area contributed by atoms with Crippen LogP contribution in [0, 0.1) is 12.7 Å². The molecule has 0 aromatic heterocycles. The highest BCUT2D eigenvalue weighted by molar-refractivity contribution is 5.83. The molecule has 2 atom stereocenters. The molecule has 1 aliphatic heterocycles. The number of hydrogen-bond donors (Lipinski definition) is 1. The molecule has 1 saturated heterocycles. The van der Waals surface area contributed by atoms with Gasteiger partial charge in [0.2, 0.25) is 5.91 Å². The molecule has 0 aliphatic carbocycles. The van der Waals surface area contributed by atoms with E-state index in [4.69, 9.17) is 4.74 Å². The number of aliphatic carboxylic acids is 1. The number of carboxylic acid groups (broad SMARTS) is 1. The van der Waals surface area contributed by atoms with Gasteiger partial charge in [-0.1, -0.05) is 13.0 Å². The fourth-order valence-corrected chi connectivity index (χ4v) is 2.63. The molecule has 2 rings (SSSR count). The third kappa shape index (κ3) is 3.05. The highest BCUT2D eigenvalue weighted by atomic mass is 19.1. The van der Waals surface area contributed by atoms with Crippen molar-refractivity contribution >= 4 is 11.9 Å². The Hall–Kier alpha value is -1.95. The third-order valence-electron chi connectivity index (χ3n) is 3.60. The fourth-order valence-electron chi connectivity index (χ4n) is 2.63. The van der Waals surface area contributed by atoms with Crippen LogP contribution < -0.4 is 0 Å². The first-order chi connectivity index (χ1) is 9.95. The van der Waals surface area contributed by atoms with Gasteiger partial charge in [-0.2, -0.15) is 0 Å². The number of benzene rings is 1. The van der Waals surface area contributed by atoms with Gasteiger partial charge in [0.25, 0.3) is 0 Å². The van der Waals surface area contributed by atoms with E-state index in [1.807, 2.05) is 6.92 Å². The Morgan fingerprint density at radius 2 is 2.24 bits per heavy atom. The van der Waals surface area contributed by atoms with Crippen LogP contribution in [-0.2, 0) is 14.3 Å². The molecule has 21 heavy (non-hydrogen) atoms. The number of carboxylic acids is 1. The van der Waals surface area contributed by atoms with Gasteiger partial charge in [0, 0.05) is 6.54 Å².